The van der Waals surface area contributed by atoms with Crippen molar-refractivity contribution in [3.8, 4) is 0 Å². The lowest BCUT2D eigenvalue weighted by Gasteiger charge is -2.30. The summed E-state index contributed by atoms with van der Waals surface area (Å²) in [6.07, 6.45) is -0.307. The molecule has 9 atom stereocenters. The molecule has 0 spiro atoms. The van der Waals surface area contributed by atoms with Gasteiger partial charge in [-0.1, -0.05) is 27.7 Å². The van der Waals surface area contributed by atoms with Gasteiger partial charge in [0.15, 0.2) is 0 Å². The van der Waals surface area contributed by atoms with E-state index in [0.29, 0.717) is 32.2 Å². The molecule has 15 N–H and O–H groups in total. The van der Waals surface area contributed by atoms with E-state index in [-0.39, 0.29) is 75.9 Å². The van der Waals surface area contributed by atoms with Crippen LogP contribution in [0.3, 0.4) is 0 Å². The minimum absolute atomic E-state index is 0.0896. The van der Waals surface area contributed by atoms with Crippen molar-refractivity contribution in [2.45, 2.75) is 160 Å². The maximum Gasteiger partial charge on any atom is 0.326 e. The Morgan fingerprint density at radius 2 is 1.29 bits per heavy atom. The molecule has 0 aromatic carbocycles. The van der Waals surface area contributed by atoms with Crippen LogP contribution in [0.1, 0.15) is 106 Å². The van der Waals surface area contributed by atoms with Gasteiger partial charge in [-0.2, -0.15) is 0 Å². The molecule has 2 rings (SSSR count). The molecule has 2 heterocycles. The molecule has 2 saturated heterocycles. The zero-order valence-corrected chi connectivity index (χ0v) is 41.0. The number of primary amides is 1. The molecule has 0 aromatic heterocycles. The van der Waals surface area contributed by atoms with Gasteiger partial charge in [0.2, 0.25) is 59.1 Å². The normalized spacial score (nSPS) is 19.3. The van der Waals surface area contributed by atoms with Crippen LogP contribution >= 0.6 is 0 Å². The summed E-state index contributed by atoms with van der Waals surface area (Å²) in [5, 5.41) is 55.8. The Hall–Kier alpha value is -5.99. The molecule has 26 heteroatoms. The minimum Gasteiger partial charge on any atom is -0.480 e. The van der Waals surface area contributed by atoms with Crippen LogP contribution in [-0.4, -0.2) is 179 Å². The number of carbonyl (C=O) groups is 11. The SMILES string of the molecule is CC(=O)NCCCC[C@H](NC(=O)[C@@H]1CCCN1C(O)CNC(=O)[C@H](C)NC(=O)[C@H](CC(C)C)NC(=O)CNC(=O)[C@H](CC(C)C)NC(=O)[C@H](CCC(N)=O)NC(=O)CNC(=O)[C@@H]1C[C@@H](O)CN1)C(=O)O. The number of hydrogen-bond donors (Lipinski definition) is 14. The van der Waals surface area contributed by atoms with E-state index in [0.717, 1.165) is 0 Å². The van der Waals surface area contributed by atoms with Gasteiger partial charge in [-0.15, -0.1) is 0 Å². The summed E-state index contributed by atoms with van der Waals surface area (Å²) in [5.41, 5.74) is 5.29. The fourth-order valence-electron chi connectivity index (χ4n) is 7.75. The molecule has 1 unspecified atom stereocenters. The predicted molar refractivity (Wildman–Crippen MR) is 250 cm³/mol. The number of likely N-dealkylation sites (tertiary alicyclic amines) is 1. The van der Waals surface area contributed by atoms with E-state index in [2.05, 4.69) is 53.2 Å². The van der Waals surface area contributed by atoms with Crippen molar-refractivity contribution in [3.63, 3.8) is 0 Å². The number of amides is 10. The fourth-order valence-corrected chi connectivity index (χ4v) is 7.75. The van der Waals surface area contributed by atoms with E-state index < -0.39 is 127 Å². The summed E-state index contributed by atoms with van der Waals surface area (Å²) >= 11 is 0. The molecular weight excluding hydrogens is 921 g/mol. The van der Waals surface area contributed by atoms with E-state index in [1.54, 1.807) is 27.7 Å². The average molecular weight is 997 g/mol. The maximum absolute atomic E-state index is 13.5. The van der Waals surface area contributed by atoms with E-state index in [1.807, 2.05) is 0 Å². The number of aliphatic hydroxyl groups excluding tert-OH is 2. The molecule has 0 radical (unpaired) electrons. The molecule has 70 heavy (non-hydrogen) atoms. The summed E-state index contributed by atoms with van der Waals surface area (Å²) in [6, 6.07) is -7.65. The molecule has 396 valence electrons. The highest BCUT2D eigenvalue weighted by atomic mass is 16.4. The number of aliphatic hydroxyl groups is 2. The van der Waals surface area contributed by atoms with E-state index in [9.17, 15) is 68.1 Å². The zero-order chi connectivity index (χ0) is 52.7. The van der Waals surface area contributed by atoms with Crippen molar-refractivity contribution in [1.82, 2.24) is 58.1 Å². The lowest BCUT2D eigenvalue weighted by molar-refractivity contribution is -0.143. The van der Waals surface area contributed by atoms with Crippen LogP contribution in [0, 0.1) is 11.8 Å². The maximum atomic E-state index is 13.5. The van der Waals surface area contributed by atoms with Gasteiger partial charge >= 0.3 is 5.97 Å². The Bertz CT molecular complexity index is 1840. The van der Waals surface area contributed by atoms with Gasteiger partial charge in [0.05, 0.1) is 37.8 Å². The Kier molecular flexibility index (Phi) is 26.3. The fraction of sp³-hybridized carbons (Fsp3) is 0.750. The van der Waals surface area contributed by atoms with E-state index in [4.69, 9.17) is 5.73 Å². The summed E-state index contributed by atoms with van der Waals surface area (Å²) in [4.78, 5) is 141. The number of nitrogens with one attached hydrogen (secondary N) is 10. The first-order valence-corrected chi connectivity index (χ1v) is 23.8. The number of nitrogens with zero attached hydrogens (tertiary/aromatic N) is 1. The number of carboxylic acids is 1. The van der Waals surface area contributed by atoms with Gasteiger partial charge in [-0.05, 0) is 76.5 Å². The largest absolute Gasteiger partial charge is 0.480 e. The second-order valence-corrected chi connectivity index (χ2v) is 18.6. The molecular formula is C44H76N12O14. The van der Waals surface area contributed by atoms with Crippen LogP contribution in [0.4, 0.5) is 0 Å². The van der Waals surface area contributed by atoms with Crippen molar-refractivity contribution in [3.05, 3.63) is 0 Å². The quantitative estimate of drug-likeness (QED) is 0.0289. The summed E-state index contributed by atoms with van der Waals surface area (Å²) in [5.74, 6) is -8.20. The van der Waals surface area contributed by atoms with Crippen LogP contribution in [0.15, 0.2) is 0 Å². The Labute approximate surface area is 407 Å². The number of carbonyl (C=O) groups excluding carboxylic acids is 10. The Morgan fingerprint density at radius 3 is 1.86 bits per heavy atom. The summed E-state index contributed by atoms with van der Waals surface area (Å²) in [7, 11) is 0. The molecule has 0 aromatic rings. The standard InChI is InChI=1S/C44H76N12O14/c1-23(2)16-31(55-41(66)28(12-13-34(45)59)52-35(60)20-48-39(64)30-18-27(58)19-47-30)40(65)49-21-36(61)53-32(17-24(3)4)42(67)51-25(5)38(63)50-22-37(62)56-15-9-11-33(56)43(68)54-29(44(69)70)10-7-8-14-46-26(6)57/h23-25,27-33,37,47,58,62H,7-22H2,1-6H3,(H2,45,59)(H,46,57)(H,48,64)(H,49,65)(H,50,63)(H,51,67)(H,52,60)(H,53,61)(H,54,68)(H,55,66)(H,69,70)/t25-,27+,28-,29-,30-,31-,32-,33-,37?/m0/s1. The number of unbranched alkanes of at least 4 members (excludes halogenated alkanes) is 1. The highest BCUT2D eigenvalue weighted by molar-refractivity contribution is 5.96. The van der Waals surface area contributed by atoms with Crippen LogP contribution in [0.5, 0.6) is 0 Å². The van der Waals surface area contributed by atoms with Gasteiger partial charge in [-0.25, -0.2) is 4.79 Å². The third-order valence-corrected chi connectivity index (χ3v) is 11.4. The average Bonchev–Trinajstić information content (AvgIpc) is 3.96. The highest BCUT2D eigenvalue weighted by Gasteiger charge is 2.37. The Morgan fingerprint density at radius 1 is 0.686 bits per heavy atom. The summed E-state index contributed by atoms with van der Waals surface area (Å²) < 4.78 is 0. The van der Waals surface area contributed by atoms with Gasteiger partial charge < -0.3 is 74.2 Å². The van der Waals surface area contributed by atoms with Crippen molar-refractivity contribution < 1.29 is 68.1 Å². The van der Waals surface area contributed by atoms with E-state index >= 15 is 0 Å². The Balaban J connectivity index is 1.96. The van der Waals surface area contributed by atoms with Crippen LogP contribution < -0.4 is 58.9 Å². The second-order valence-electron chi connectivity index (χ2n) is 18.6. The first kappa shape index (κ1) is 60.1. The number of rotatable bonds is 31. The van der Waals surface area contributed by atoms with Gasteiger partial charge in [0.1, 0.15) is 36.4 Å². The molecule has 2 fully saturated rings. The molecule has 0 saturated carbocycles. The highest BCUT2D eigenvalue weighted by Crippen LogP contribution is 2.20. The first-order valence-electron chi connectivity index (χ1n) is 23.8. The monoisotopic (exact) mass is 997 g/mol. The van der Waals surface area contributed by atoms with Crippen molar-refractivity contribution in [2.24, 2.45) is 17.6 Å². The predicted octanol–water partition coefficient (Wildman–Crippen LogP) is -4.97. The van der Waals surface area contributed by atoms with Gasteiger partial charge in [-0.3, -0.25) is 52.8 Å². The van der Waals surface area contributed by atoms with Gasteiger partial charge in [0.25, 0.3) is 0 Å². The smallest absolute Gasteiger partial charge is 0.326 e. The van der Waals surface area contributed by atoms with E-state index in [1.165, 1.54) is 18.7 Å². The van der Waals surface area contributed by atoms with Crippen molar-refractivity contribution >= 4 is 65.0 Å². The summed E-state index contributed by atoms with van der Waals surface area (Å²) in [6.45, 7) is 9.27. The van der Waals surface area contributed by atoms with Crippen LogP contribution in [-0.2, 0) is 52.7 Å². The lowest BCUT2D eigenvalue weighted by atomic mass is 10.0. The topological polar surface area (TPSA) is 398 Å². The number of hydrogen-bond acceptors (Lipinski definition) is 15. The van der Waals surface area contributed by atoms with Crippen LogP contribution in [0.2, 0.25) is 0 Å². The van der Waals surface area contributed by atoms with Gasteiger partial charge in [0, 0.05) is 33.0 Å². The zero-order valence-electron chi connectivity index (χ0n) is 41.0. The number of aliphatic carboxylic acids is 1. The third kappa shape index (κ3) is 22.6. The number of nitrogens with two attached hydrogens (primary N) is 1. The molecule has 2 aliphatic heterocycles. The molecule has 0 bridgehead atoms. The molecule has 26 nitrogen and oxygen atoms in total. The first-order chi connectivity index (χ1) is 32.9. The minimum atomic E-state index is -1.35. The molecule has 0 aliphatic carbocycles. The van der Waals surface area contributed by atoms with Crippen molar-refractivity contribution in [2.75, 3.05) is 39.3 Å². The second kappa shape index (κ2) is 30.6. The molecule has 10 amide bonds. The lowest BCUT2D eigenvalue weighted by Crippen LogP contribution is -2.57. The molecule has 2 aliphatic rings. The van der Waals surface area contributed by atoms with Crippen LogP contribution in [0.25, 0.3) is 0 Å². The number of carboxylic acid groups (broad SMARTS) is 1. The third-order valence-electron chi connectivity index (χ3n) is 11.4. The number of β-amino-alcohol motifs (C(OH)–C–C–N with tert-alkyl or cyclic N) is 1. The van der Waals surface area contributed by atoms with Crippen molar-refractivity contribution in [1.29, 1.82) is 0 Å².